The molecule has 4 rings (SSSR count). The summed E-state index contributed by atoms with van der Waals surface area (Å²) in [6, 6.07) is 18.2. The number of cyclic esters (lactones) is 1. The van der Waals surface area contributed by atoms with Crippen molar-refractivity contribution in [1.29, 1.82) is 0 Å². The quantitative estimate of drug-likeness (QED) is 0.796. The van der Waals surface area contributed by atoms with Crippen molar-refractivity contribution in [3.05, 3.63) is 76.9 Å². The van der Waals surface area contributed by atoms with Gasteiger partial charge in [-0.1, -0.05) is 54.6 Å². The number of carbonyl (C=O) groups excluding carboxylic acids is 1. The number of ether oxygens (including phenoxy) is 2. The third kappa shape index (κ3) is 1.82. The van der Waals surface area contributed by atoms with Crippen molar-refractivity contribution in [2.45, 2.75) is 6.10 Å². The lowest BCUT2D eigenvalue weighted by molar-refractivity contribution is -0.135. The second-order valence-corrected chi connectivity index (χ2v) is 5.60. The van der Waals surface area contributed by atoms with E-state index >= 15 is 0 Å². The molecule has 3 heteroatoms. The Morgan fingerprint density at radius 3 is 2.55 bits per heavy atom. The van der Waals surface area contributed by atoms with E-state index in [0.29, 0.717) is 6.61 Å². The van der Waals surface area contributed by atoms with Crippen LogP contribution >= 0.6 is 0 Å². The van der Waals surface area contributed by atoms with E-state index in [2.05, 4.69) is 12.1 Å². The van der Waals surface area contributed by atoms with Crippen LogP contribution in [0.4, 0.5) is 0 Å². The lowest BCUT2D eigenvalue weighted by Crippen LogP contribution is -2.24. The third-order valence-corrected chi connectivity index (χ3v) is 4.47. The summed E-state index contributed by atoms with van der Waals surface area (Å²) in [5.74, 6) is -0.261. The van der Waals surface area contributed by atoms with Crippen molar-refractivity contribution < 1.29 is 14.3 Å². The standard InChI is InChI=1S/C19H16O3/c1-21-18-14-10-6-5-9-13(14)16(12-7-3-2-4-8-12)17-15(18)11-22-19(17)20/h2-10,15,18H,11H2,1H3/t15-,18+/m1/s1. The topological polar surface area (TPSA) is 35.5 Å². The number of hydrogen-bond acceptors (Lipinski definition) is 3. The van der Waals surface area contributed by atoms with Crippen molar-refractivity contribution >= 4 is 11.5 Å². The Morgan fingerprint density at radius 1 is 1.05 bits per heavy atom. The van der Waals surface area contributed by atoms with Crippen molar-refractivity contribution in [1.82, 2.24) is 0 Å². The van der Waals surface area contributed by atoms with E-state index in [9.17, 15) is 4.79 Å². The summed E-state index contributed by atoms with van der Waals surface area (Å²) in [5, 5.41) is 0. The Morgan fingerprint density at radius 2 is 1.77 bits per heavy atom. The largest absolute Gasteiger partial charge is 0.462 e. The molecule has 1 aliphatic carbocycles. The maximum Gasteiger partial charge on any atom is 0.335 e. The monoisotopic (exact) mass is 292 g/mol. The van der Waals surface area contributed by atoms with Gasteiger partial charge < -0.3 is 9.47 Å². The molecule has 0 N–H and O–H groups in total. The molecule has 2 aromatic rings. The first-order valence-corrected chi connectivity index (χ1v) is 7.40. The second-order valence-electron chi connectivity index (χ2n) is 5.60. The van der Waals surface area contributed by atoms with Gasteiger partial charge in [-0.25, -0.2) is 4.79 Å². The molecule has 1 saturated heterocycles. The average Bonchev–Trinajstić information content (AvgIpc) is 2.95. The van der Waals surface area contributed by atoms with Crippen LogP contribution < -0.4 is 0 Å². The summed E-state index contributed by atoms with van der Waals surface area (Å²) in [6.45, 7) is 0.386. The summed E-state index contributed by atoms with van der Waals surface area (Å²) in [5.41, 5.74) is 4.96. The van der Waals surface area contributed by atoms with Gasteiger partial charge in [0.1, 0.15) is 6.61 Å². The Balaban J connectivity index is 2.03. The minimum atomic E-state index is -0.222. The number of esters is 1. The normalized spacial score (nSPS) is 23.0. The maximum atomic E-state index is 12.3. The highest BCUT2D eigenvalue weighted by Gasteiger charge is 2.44. The summed E-state index contributed by atoms with van der Waals surface area (Å²) in [6.07, 6.45) is -0.134. The molecule has 0 radical (unpaired) electrons. The van der Waals surface area contributed by atoms with E-state index in [0.717, 1.165) is 27.8 Å². The molecule has 22 heavy (non-hydrogen) atoms. The Labute approximate surface area is 129 Å². The van der Waals surface area contributed by atoms with Crippen LogP contribution in [0.5, 0.6) is 0 Å². The fourth-order valence-corrected chi connectivity index (χ4v) is 3.55. The van der Waals surface area contributed by atoms with Gasteiger partial charge in [0, 0.05) is 12.7 Å². The van der Waals surface area contributed by atoms with Gasteiger partial charge in [0.15, 0.2) is 0 Å². The van der Waals surface area contributed by atoms with Crippen molar-refractivity contribution in [2.75, 3.05) is 13.7 Å². The molecule has 1 aliphatic heterocycles. The Bertz CT molecular complexity index is 761. The van der Waals surface area contributed by atoms with E-state index in [1.165, 1.54) is 0 Å². The first-order chi connectivity index (χ1) is 10.8. The van der Waals surface area contributed by atoms with Crippen molar-refractivity contribution in [3.63, 3.8) is 0 Å². The van der Waals surface area contributed by atoms with Crippen LogP contribution in [0.2, 0.25) is 0 Å². The lowest BCUT2D eigenvalue weighted by Gasteiger charge is -2.31. The number of fused-ring (bicyclic) bond motifs is 2. The van der Waals surface area contributed by atoms with Crippen molar-refractivity contribution in [3.8, 4) is 0 Å². The molecular formula is C19H16O3. The Hall–Kier alpha value is -2.39. The number of benzene rings is 2. The molecule has 0 amide bonds. The summed E-state index contributed by atoms with van der Waals surface area (Å²) >= 11 is 0. The first kappa shape index (κ1) is 13.3. The van der Waals surface area contributed by atoms with E-state index in [1.807, 2.05) is 42.5 Å². The molecule has 0 spiro atoms. The predicted molar refractivity (Wildman–Crippen MR) is 83.1 cm³/mol. The zero-order valence-electron chi connectivity index (χ0n) is 12.3. The molecule has 2 atom stereocenters. The first-order valence-electron chi connectivity index (χ1n) is 7.40. The summed E-state index contributed by atoms with van der Waals surface area (Å²) < 4.78 is 11.0. The van der Waals surface area contributed by atoms with Crippen LogP contribution in [0.3, 0.4) is 0 Å². The minimum Gasteiger partial charge on any atom is -0.462 e. The van der Waals surface area contributed by atoms with Crippen molar-refractivity contribution in [2.24, 2.45) is 5.92 Å². The van der Waals surface area contributed by atoms with Gasteiger partial charge >= 0.3 is 5.97 Å². The summed E-state index contributed by atoms with van der Waals surface area (Å²) in [4.78, 5) is 12.3. The van der Waals surface area contributed by atoms with Crippen LogP contribution in [0.15, 0.2) is 60.2 Å². The zero-order chi connectivity index (χ0) is 15.1. The number of methoxy groups -OCH3 is 1. The SMILES string of the molecule is CO[C@H]1c2ccccc2C(c2ccccc2)=C2C(=O)OC[C@H]21. The highest BCUT2D eigenvalue weighted by Crippen LogP contribution is 2.48. The van der Waals surface area contributed by atoms with Crippen LogP contribution in [0.25, 0.3) is 5.57 Å². The van der Waals surface area contributed by atoms with Gasteiger partial charge in [-0.3, -0.25) is 0 Å². The van der Waals surface area contributed by atoms with E-state index in [-0.39, 0.29) is 18.0 Å². The molecule has 2 aliphatic rings. The fourth-order valence-electron chi connectivity index (χ4n) is 3.55. The maximum absolute atomic E-state index is 12.3. The lowest BCUT2D eigenvalue weighted by atomic mass is 9.75. The third-order valence-electron chi connectivity index (χ3n) is 4.47. The zero-order valence-corrected chi connectivity index (χ0v) is 12.3. The molecular weight excluding hydrogens is 276 g/mol. The van der Waals surface area contributed by atoms with Gasteiger partial charge in [0.2, 0.25) is 0 Å². The second kappa shape index (κ2) is 5.11. The van der Waals surface area contributed by atoms with Gasteiger partial charge in [-0.05, 0) is 16.7 Å². The van der Waals surface area contributed by atoms with Crippen LogP contribution in [-0.2, 0) is 14.3 Å². The molecule has 1 fully saturated rings. The van der Waals surface area contributed by atoms with Gasteiger partial charge in [-0.2, -0.15) is 0 Å². The predicted octanol–water partition coefficient (Wildman–Crippen LogP) is 3.36. The average molecular weight is 292 g/mol. The number of carbonyl (C=O) groups is 1. The van der Waals surface area contributed by atoms with E-state index in [4.69, 9.17) is 9.47 Å². The highest BCUT2D eigenvalue weighted by molar-refractivity contribution is 6.05. The van der Waals surface area contributed by atoms with Gasteiger partial charge in [0.25, 0.3) is 0 Å². The van der Waals surface area contributed by atoms with Gasteiger partial charge in [-0.15, -0.1) is 0 Å². The summed E-state index contributed by atoms with van der Waals surface area (Å²) in [7, 11) is 1.69. The fraction of sp³-hybridized carbons (Fsp3) is 0.211. The van der Waals surface area contributed by atoms with E-state index in [1.54, 1.807) is 7.11 Å². The highest BCUT2D eigenvalue weighted by atomic mass is 16.5. The molecule has 0 aromatic heterocycles. The molecule has 1 heterocycles. The Kier molecular flexibility index (Phi) is 3.09. The molecule has 0 bridgehead atoms. The smallest absolute Gasteiger partial charge is 0.335 e. The van der Waals surface area contributed by atoms with Crippen LogP contribution in [0.1, 0.15) is 22.8 Å². The molecule has 2 aromatic carbocycles. The molecule has 3 nitrogen and oxygen atoms in total. The minimum absolute atomic E-state index is 0.0393. The van der Waals surface area contributed by atoms with E-state index < -0.39 is 0 Å². The molecule has 0 saturated carbocycles. The molecule has 0 unspecified atom stereocenters. The molecule has 110 valence electrons. The number of rotatable bonds is 2. The van der Waals surface area contributed by atoms with Gasteiger partial charge in [0.05, 0.1) is 17.6 Å². The van der Waals surface area contributed by atoms with Crippen LogP contribution in [0, 0.1) is 5.92 Å². The number of hydrogen-bond donors (Lipinski definition) is 0. The van der Waals surface area contributed by atoms with Crippen LogP contribution in [-0.4, -0.2) is 19.7 Å².